The molecule has 1 aliphatic carbocycles. The molecule has 1 aliphatic heterocycles. The predicted molar refractivity (Wildman–Crippen MR) is 98.8 cm³/mol. The molecule has 1 N–H and O–H groups in total. The molecule has 0 radical (unpaired) electrons. The average Bonchev–Trinajstić information content (AvgIpc) is 2.68. The van der Waals surface area contributed by atoms with Crippen molar-refractivity contribution in [3.63, 3.8) is 0 Å². The lowest BCUT2D eigenvalue weighted by Gasteiger charge is -2.26. The molecular formula is C21H27N3O. The van der Waals surface area contributed by atoms with Gasteiger partial charge >= 0.3 is 0 Å². The number of likely N-dealkylation sites (tertiary alicyclic amines) is 1. The Morgan fingerprint density at radius 2 is 1.88 bits per heavy atom. The van der Waals surface area contributed by atoms with Crippen molar-refractivity contribution in [3.8, 4) is 6.07 Å². The van der Waals surface area contributed by atoms with Gasteiger partial charge in [-0.15, -0.1) is 0 Å². The van der Waals surface area contributed by atoms with Crippen LogP contribution in [0.3, 0.4) is 0 Å². The molecule has 1 aromatic carbocycles. The van der Waals surface area contributed by atoms with Gasteiger partial charge in [0.1, 0.15) is 11.6 Å². The average molecular weight is 337 g/mol. The van der Waals surface area contributed by atoms with Gasteiger partial charge in [0, 0.05) is 25.3 Å². The zero-order valence-corrected chi connectivity index (χ0v) is 15.1. The predicted octanol–water partition coefficient (Wildman–Crippen LogP) is 3.64. The minimum absolute atomic E-state index is 0.0738. The molecule has 132 valence electrons. The SMILES string of the molecule is CC(N/C=C(/C#N)C(=O)N1CCCCC1)c1ccc2c(c1)CCCC2. The fourth-order valence-electron chi connectivity index (χ4n) is 3.74. The number of nitrogens with zero attached hydrogens (tertiary/aromatic N) is 2. The van der Waals surface area contributed by atoms with Gasteiger partial charge < -0.3 is 10.2 Å². The minimum Gasteiger partial charge on any atom is -0.383 e. The fourth-order valence-corrected chi connectivity index (χ4v) is 3.74. The molecule has 1 aromatic rings. The number of benzene rings is 1. The van der Waals surface area contributed by atoms with Crippen LogP contribution in [0, 0.1) is 11.3 Å². The first kappa shape index (κ1) is 17.5. The number of hydrogen-bond donors (Lipinski definition) is 1. The second-order valence-corrected chi connectivity index (χ2v) is 7.15. The Labute approximate surface area is 150 Å². The Morgan fingerprint density at radius 3 is 2.60 bits per heavy atom. The number of piperidine rings is 1. The summed E-state index contributed by atoms with van der Waals surface area (Å²) in [5.74, 6) is -0.146. The number of aryl methyl sites for hydroxylation is 2. The van der Waals surface area contributed by atoms with E-state index in [1.54, 1.807) is 11.1 Å². The molecule has 25 heavy (non-hydrogen) atoms. The van der Waals surface area contributed by atoms with Crippen LogP contribution in [0.15, 0.2) is 30.0 Å². The summed E-state index contributed by atoms with van der Waals surface area (Å²) in [6.07, 6.45) is 9.72. The number of nitriles is 1. The van der Waals surface area contributed by atoms with Crippen molar-refractivity contribution in [2.24, 2.45) is 0 Å². The molecular weight excluding hydrogens is 310 g/mol. The molecule has 0 spiro atoms. The summed E-state index contributed by atoms with van der Waals surface area (Å²) in [6.45, 7) is 3.60. The monoisotopic (exact) mass is 337 g/mol. The largest absolute Gasteiger partial charge is 0.383 e. The molecule has 0 saturated carbocycles. The quantitative estimate of drug-likeness (QED) is 0.674. The zero-order chi connectivity index (χ0) is 17.6. The summed E-state index contributed by atoms with van der Waals surface area (Å²) in [5.41, 5.74) is 4.33. The summed E-state index contributed by atoms with van der Waals surface area (Å²) >= 11 is 0. The van der Waals surface area contributed by atoms with E-state index >= 15 is 0 Å². The third kappa shape index (κ3) is 4.22. The zero-order valence-electron chi connectivity index (χ0n) is 15.1. The molecule has 1 fully saturated rings. The van der Waals surface area contributed by atoms with E-state index in [9.17, 15) is 10.1 Å². The van der Waals surface area contributed by atoms with Crippen LogP contribution in [0.5, 0.6) is 0 Å². The highest BCUT2D eigenvalue weighted by Crippen LogP contribution is 2.24. The van der Waals surface area contributed by atoms with Crippen molar-refractivity contribution in [1.82, 2.24) is 10.2 Å². The number of carbonyl (C=O) groups is 1. The summed E-state index contributed by atoms with van der Waals surface area (Å²) in [7, 11) is 0. The maximum Gasteiger partial charge on any atom is 0.265 e. The molecule has 1 amide bonds. The van der Waals surface area contributed by atoms with Crippen molar-refractivity contribution in [1.29, 1.82) is 5.26 Å². The van der Waals surface area contributed by atoms with Crippen LogP contribution in [-0.4, -0.2) is 23.9 Å². The van der Waals surface area contributed by atoms with Crippen molar-refractivity contribution in [3.05, 3.63) is 46.7 Å². The molecule has 1 saturated heterocycles. The lowest BCUT2D eigenvalue weighted by Crippen LogP contribution is -2.36. The Bertz CT molecular complexity index is 696. The molecule has 3 rings (SSSR count). The highest BCUT2D eigenvalue weighted by atomic mass is 16.2. The van der Waals surface area contributed by atoms with E-state index in [2.05, 4.69) is 36.5 Å². The van der Waals surface area contributed by atoms with Gasteiger partial charge in [0.15, 0.2) is 0 Å². The number of hydrogen-bond acceptors (Lipinski definition) is 3. The first-order valence-corrected chi connectivity index (χ1v) is 9.46. The van der Waals surface area contributed by atoms with E-state index in [0.29, 0.717) is 0 Å². The molecule has 4 heteroatoms. The van der Waals surface area contributed by atoms with Gasteiger partial charge in [-0.2, -0.15) is 5.26 Å². The highest BCUT2D eigenvalue weighted by Gasteiger charge is 2.20. The van der Waals surface area contributed by atoms with Gasteiger partial charge in [-0.25, -0.2) is 0 Å². The first-order chi connectivity index (χ1) is 12.2. The van der Waals surface area contributed by atoms with Crippen molar-refractivity contribution < 1.29 is 4.79 Å². The normalized spacial score (nSPS) is 18.9. The van der Waals surface area contributed by atoms with Crippen LogP contribution in [0.4, 0.5) is 0 Å². The van der Waals surface area contributed by atoms with Gasteiger partial charge in [-0.1, -0.05) is 18.2 Å². The van der Waals surface area contributed by atoms with Gasteiger partial charge in [0.25, 0.3) is 5.91 Å². The molecule has 1 unspecified atom stereocenters. The van der Waals surface area contributed by atoms with Crippen molar-refractivity contribution in [2.75, 3.05) is 13.1 Å². The molecule has 4 nitrogen and oxygen atoms in total. The smallest absolute Gasteiger partial charge is 0.265 e. The van der Waals surface area contributed by atoms with E-state index in [4.69, 9.17) is 0 Å². The topological polar surface area (TPSA) is 56.1 Å². The second-order valence-electron chi connectivity index (χ2n) is 7.15. The number of rotatable bonds is 4. The van der Waals surface area contributed by atoms with E-state index in [-0.39, 0.29) is 17.5 Å². The summed E-state index contributed by atoms with van der Waals surface area (Å²) in [4.78, 5) is 14.3. The molecule has 1 heterocycles. The Morgan fingerprint density at radius 1 is 1.16 bits per heavy atom. The summed E-state index contributed by atoms with van der Waals surface area (Å²) < 4.78 is 0. The lowest BCUT2D eigenvalue weighted by molar-refractivity contribution is -0.127. The molecule has 0 bridgehead atoms. The lowest BCUT2D eigenvalue weighted by atomic mass is 9.89. The van der Waals surface area contributed by atoms with Crippen molar-refractivity contribution >= 4 is 5.91 Å². The van der Waals surface area contributed by atoms with Crippen LogP contribution in [0.25, 0.3) is 0 Å². The van der Waals surface area contributed by atoms with Crippen LogP contribution < -0.4 is 5.32 Å². The third-order valence-corrected chi connectivity index (χ3v) is 5.34. The van der Waals surface area contributed by atoms with Crippen LogP contribution in [0.1, 0.15) is 61.8 Å². The Kier molecular flexibility index (Phi) is 5.75. The second kappa shape index (κ2) is 8.20. The van der Waals surface area contributed by atoms with E-state index in [1.807, 2.05) is 0 Å². The minimum atomic E-state index is -0.146. The van der Waals surface area contributed by atoms with Crippen LogP contribution in [-0.2, 0) is 17.6 Å². The Balaban J connectivity index is 1.66. The molecule has 1 atom stereocenters. The van der Waals surface area contributed by atoms with Crippen LogP contribution >= 0.6 is 0 Å². The molecule has 0 aromatic heterocycles. The standard InChI is InChI=1S/C21H27N3O/c1-16(18-10-9-17-7-3-4-8-19(17)13-18)23-15-20(14-22)21(25)24-11-5-2-6-12-24/h9-10,13,15-16,23H,2-8,11-12H2,1H3/b20-15-. The fraction of sp³-hybridized carbons (Fsp3) is 0.524. The van der Waals surface area contributed by atoms with E-state index in [0.717, 1.165) is 32.4 Å². The van der Waals surface area contributed by atoms with Gasteiger partial charge in [0.2, 0.25) is 0 Å². The van der Waals surface area contributed by atoms with Gasteiger partial charge in [-0.05, 0) is 68.6 Å². The van der Waals surface area contributed by atoms with Gasteiger partial charge in [-0.3, -0.25) is 4.79 Å². The number of amides is 1. The number of nitrogens with one attached hydrogen (secondary N) is 1. The van der Waals surface area contributed by atoms with E-state index < -0.39 is 0 Å². The van der Waals surface area contributed by atoms with Crippen molar-refractivity contribution in [2.45, 2.75) is 57.9 Å². The Hall–Kier alpha value is -2.28. The highest BCUT2D eigenvalue weighted by molar-refractivity contribution is 5.97. The van der Waals surface area contributed by atoms with Gasteiger partial charge in [0.05, 0.1) is 0 Å². The maximum absolute atomic E-state index is 12.5. The van der Waals surface area contributed by atoms with E-state index in [1.165, 1.54) is 42.4 Å². The first-order valence-electron chi connectivity index (χ1n) is 9.46. The number of carbonyl (C=O) groups excluding carboxylic acids is 1. The molecule has 2 aliphatic rings. The van der Waals surface area contributed by atoms with Crippen LogP contribution in [0.2, 0.25) is 0 Å². The maximum atomic E-state index is 12.5. The third-order valence-electron chi connectivity index (χ3n) is 5.34. The summed E-state index contributed by atoms with van der Waals surface area (Å²) in [6, 6.07) is 8.81. The number of fused-ring (bicyclic) bond motifs is 1. The summed E-state index contributed by atoms with van der Waals surface area (Å²) in [5, 5.41) is 12.6.